The number of hydrogen-bond donors (Lipinski definition) is 1. The fourth-order valence-corrected chi connectivity index (χ4v) is 0.762. The van der Waals surface area contributed by atoms with Crippen LogP contribution >= 0.6 is 0 Å². The Balaban J connectivity index is 0.000001000. The van der Waals surface area contributed by atoms with E-state index in [1.165, 1.54) is 5.56 Å². The smallest absolute Gasteiger partial charge is 0.257 e. The highest BCUT2D eigenvalue weighted by molar-refractivity contribution is 5.03. The average Bonchev–Trinajstić information content (AvgIpc) is 1.88. The Morgan fingerprint density at radius 1 is 1.36 bits per heavy atom. The average molecular weight is 174 g/mol. The zero-order chi connectivity index (χ0) is 7.56. The second-order valence-corrected chi connectivity index (χ2v) is 2.45. The van der Waals surface area contributed by atoms with E-state index in [-0.39, 0.29) is 12.4 Å². The van der Waals surface area contributed by atoms with Crippen molar-refractivity contribution in [3.8, 4) is 0 Å². The lowest BCUT2D eigenvalue weighted by molar-refractivity contribution is -0.755. The number of aryl methyl sites for hydroxylation is 1. The number of hydrogen-bond acceptors (Lipinski definition) is 1. The van der Waals surface area contributed by atoms with E-state index in [2.05, 4.69) is 0 Å². The zero-order valence-electron chi connectivity index (χ0n) is 6.66. The molecule has 0 fully saturated rings. The maximum Gasteiger partial charge on any atom is 0.257 e. The first kappa shape index (κ1) is 10.4. The monoisotopic (exact) mass is 173 g/mol. The molecule has 0 aliphatic heterocycles. The lowest BCUT2D eigenvalue weighted by atomic mass is 10.3. The molecule has 0 saturated carbocycles. The van der Waals surface area contributed by atoms with Gasteiger partial charge in [-0.15, -0.1) is 0 Å². The van der Waals surface area contributed by atoms with Crippen LogP contribution < -0.4 is 17.0 Å². The van der Waals surface area contributed by atoms with Gasteiger partial charge in [0.25, 0.3) is 6.23 Å². The van der Waals surface area contributed by atoms with Crippen LogP contribution in [0.25, 0.3) is 0 Å². The Morgan fingerprint density at radius 2 is 1.82 bits per heavy atom. The Labute approximate surface area is 72.9 Å². The third-order valence-corrected chi connectivity index (χ3v) is 1.45. The van der Waals surface area contributed by atoms with Crippen molar-refractivity contribution in [2.45, 2.75) is 20.1 Å². The molecule has 0 spiro atoms. The summed E-state index contributed by atoms with van der Waals surface area (Å²) < 4.78 is 1.74. The standard InChI is InChI=1S/C8H12NO.ClH/c1-7-3-5-9(6-4-7)8(2)10;/h3-6,8,10H,1-2H3;1H/q+1;/p-1. The van der Waals surface area contributed by atoms with E-state index in [1.807, 2.05) is 31.5 Å². The number of rotatable bonds is 1. The summed E-state index contributed by atoms with van der Waals surface area (Å²) in [5.41, 5.74) is 1.21. The second kappa shape index (κ2) is 4.31. The fourth-order valence-electron chi connectivity index (χ4n) is 0.762. The molecule has 1 aromatic rings. The third kappa shape index (κ3) is 2.87. The van der Waals surface area contributed by atoms with Gasteiger partial charge in [-0.05, 0) is 12.5 Å². The number of aliphatic hydroxyl groups is 1. The largest absolute Gasteiger partial charge is 1.00 e. The number of pyridine rings is 1. The van der Waals surface area contributed by atoms with Crippen molar-refractivity contribution < 1.29 is 22.1 Å². The van der Waals surface area contributed by atoms with Gasteiger partial charge in [0.1, 0.15) is 0 Å². The van der Waals surface area contributed by atoms with E-state index < -0.39 is 6.23 Å². The van der Waals surface area contributed by atoms with Crippen LogP contribution in [0.15, 0.2) is 24.5 Å². The van der Waals surface area contributed by atoms with Crippen molar-refractivity contribution in [1.29, 1.82) is 0 Å². The van der Waals surface area contributed by atoms with Crippen LogP contribution in [-0.4, -0.2) is 5.11 Å². The fraction of sp³-hybridized carbons (Fsp3) is 0.375. The summed E-state index contributed by atoms with van der Waals surface area (Å²) in [5.74, 6) is 0. The number of halogens is 1. The van der Waals surface area contributed by atoms with Crippen molar-refractivity contribution in [2.24, 2.45) is 0 Å². The van der Waals surface area contributed by atoms with Crippen LogP contribution in [0.3, 0.4) is 0 Å². The molecular formula is C8H12ClNO. The summed E-state index contributed by atoms with van der Waals surface area (Å²) >= 11 is 0. The summed E-state index contributed by atoms with van der Waals surface area (Å²) in [5, 5.41) is 9.08. The first-order chi connectivity index (χ1) is 4.70. The van der Waals surface area contributed by atoms with Gasteiger partial charge in [-0.3, -0.25) is 0 Å². The van der Waals surface area contributed by atoms with Crippen LogP contribution in [0.1, 0.15) is 18.7 Å². The van der Waals surface area contributed by atoms with Gasteiger partial charge in [-0.2, -0.15) is 4.57 Å². The minimum absolute atomic E-state index is 0. The van der Waals surface area contributed by atoms with Crippen molar-refractivity contribution in [1.82, 2.24) is 0 Å². The minimum atomic E-state index is -0.430. The Hall–Kier alpha value is -0.600. The van der Waals surface area contributed by atoms with Crippen molar-refractivity contribution in [2.75, 3.05) is 0 Å². The summed E-state index contributed by atoms with van der Waals surface area (Å²) in [6, 6.07) is 3.93. The van der Waals surface area contributed by atoms with Crippen LogP contribution in [0.4, 0.5) is 0 Å². The maximum atomic E-state index is 9.08. The van der Waals surface area contributed by atoms with Crippen LogP contribution in [-0.2, 0) is 0 Å². The lowest BCUT2D eigenvalue weighted by Gasteiger charge is -1.97. The van der Waals surface area contributed by atoms with Crippen molar-refractivity contribution in [3.63, 3.8) is 0 Å². The Bertz CT molecular complexity index is 208. The highest BCUT2D eigenvalue weighted by Crippen LogP contribution is 1.92. The zero-order valence-corrected chi connectivity index (χ0v) is 7.42. The highest BCUT2D eigenvalue weighted by Gasteiger charge is 2.03. The molecule has 1 rings (SSSR count). The first-order valence-electron chi connectivity index (χ1n) is 3.35. The molecule has 1 atom stereocenters. The molecular weight excluding hydrogens is 162 g/mol. The molecule has 1 aromatic heterocycles. The molecule has 0 aliphatic rings. The van der Waals surface area contributed by atoms with Gasteiger partial charge in [-0.1, -0.05) is 0 Å². The van der Waals surface area contributed by atoms with Crippen LogP contribution in [0, 0.1) is 6.92 Å². The molecule has 0 amide bonds. The molecule has 2 nitrogen and oxygen atoms in total. The second-order valence-electron chi connectivity index (χ2n) is 2.45. The molecule has 1 unspecified atom stereocenters. The normalized spacial score (nSPS) is 11.9. The van der Waals surface area contributed by atoms with Crippen LogP contribution in [0.5, 0.6) is 0 Å². The summed E-state index contributed by atoms with van der Waals surface area (Å²) in [6.07, 6.45) is 3.29. The molecule has 0 saturated heterocycles. The highest BCUT2D eigenvalue weighted by atomic mass is 35.5. The molecule has 0 aliphatic carbocycles. The van der Waals surface area contributed by atoms with Gasteiger partial charge in [0.05, 0.1) is 0 Å². The first-order valence-corrected chi connectivity index (χ1v) is 3.35. The molecule has 1 N–H and O–H groups in total. The Kier molecular flexibility index (Phi) is 4.08. The molecule has 11 heavy (non-hydrogen) atoms. The van der Waals surface area contributed by atoms with E-state index in [0.29, 0.717) is 0 Å². The van der Waals surface area contributed by atoms with E-state index >= 15 is 0 Å². The van der Waals surface area contributed by atoms with Gasteiger partial charge < -0.3 is 17.5 Å². The number of nitrogens with zero attached hydrogens (tertiary/aromatic N) is 1. The molecule has 0 aromatic carbocycles. The van der Waals surface area contributed by atoms with E-state index in [0.717, 1.165) is 0 Å². The maximum absolute atomic E-state index is 9.08. The van der Waals surface area contributed by atoms with Gasteiger partial charge in [-0.25, -0.2) is 0 Å². The van der Waals surface area contributed by atoms with Gasteiger partial charge in [0.15, 0.2) is 12.4 Å². The predicted molar refractivity (Wildman–Crippen MR) is 38.3 cm³/mol. The number of aromatic nitrogens is 1. The Morgan fingerprint density at radius 3 is 2.18 bits per heavy atom. The lowest BCUT2D eigenvalue weighted by Crippen LogP contribution is -3.00. The number of aliphatic hydroxyl groups excluding tert-OH is 1. The summed E-state index contributed by atoms with van der Waals surface area (Å²) in [6.45, 7) is 3.75. The molecule has 1 heterocycles. The van der Waals surface area contributed by atoms with Gasteiger partial charge >= 0.3 is 0 Å². The predicted octanol–water partition coefficient (Wildman–Crippen LogP) is -2.20. The minimum Gasteiger partial charge on any atom is -1.00 e. The summed E-state index contributed by atoms with van der Waals surface area (Å²) in [4.78, 5) is 0. The van der Waals surface area contributed by atoms with Crippen molar-refractivity contribution >= 4 is 0 Å². The van der Waals surface area contributed by atoms with Crippen molar-refractivity contribution in [3.05, 3.63) is 30.1 Å². The third-order valence-electron chi connectivity index (χ3n) is 1.45. The SMILES string of the molecule is Cc1cc[n+](C(C)O)cc1.[Cl-]. The van der Waals surface area contributed by atoms with E-state index in [1.54, 1.807) is 11.5 Å². The van der Waals surface area contributed by atoms with Gasteiger partial charge in [0, 0.05) is 19.1 Å². The quantitative estimate of drug-likeness (QED) is 0.479. The molecule has 0 radical (unpaired) electrons. The van der Waals surface area contributed by atoms with Crippen LogP contribution in [0.2, 0.25) is 0 Å². The molecule has 3 heteroatoms. The topological polar surface area (TPSA) is 24.1 Å². The van der Waals surface area contributed by atoms with E-state index in [9.17, 15) is 0 Å². The molecule has 62 valence electrons. The van der Waals surface area contributed by atoms with Gasteiger partial charge in [0.2, 0.25) is 0 Å². The summed E-state index contributed by atoms with van der Waals surface area (Å²) in [7, 11) is 0. The molecule has 0 bridgehead atoms. The van der Waals surface area contributed by atoms with E-state index in [4.69, 9.17) is 5.11 Å².